The zero-order valence-electron chi connectivity index (χ0n) is 6.53. The Bertz CT molecular complexity index is 86.9. The second-order valence-corrected chi connectivity index (χ2v) is 2.09. The smallest absolute Gasteiger partial charge is 0.272 e. The van der Waals surface area contributed by atoms with Gasteiger partial charge in [-0.3, -0.25) is 4.90 Å². The van der Waals surface area contributed by atoms with E-state index < -0.39 is 0 Å². The van der Waals surface area contributed by atoms with Gasteiger partial charge >= 0.3 is 5.91 Å². The van der Waals surface area contributed by atoms with E-state index in [0.29, 0.717) is 12.3 Å². The summed E-state index contributed by atoms with van der Waals surface area (Å²) in [4.78, 5) is 12.0. The third kappa shape index (κ3) is 2.61. The topological polar surface area (TPSA) is 21.5 Å². The second-order valence-electron chi connectivity index (χ2n) is 2.09. The van der Waals surface area contributed by atoms with Gasteiger partial charge in [0.15, 0.2) is 0 Å². The van der Waals surface area contributed by atoms with Crippen LogP contribution in [0.2, 0.25) is 0 Å². The largest absolute Gasteiger partial charge is 0.311 e. The van der Waals surface area contributed by atoms with Crippen LogP contribution in [0.25, 0.3) is 0 Å². The number of hydrogen-bond acceptors (Lipinski definition) is 1. The Balaban J connectivity index is 3.64. The average Bonchev–Trinajstić information content (AvgIpc) is 1.90. The maximum Gasteiger partial charge on any atom is 0.311 e. The summed E-state index contributed by atoms with van der Waals surface area (Å²) < 4.78 is 0. The molecule has 0 atom stereocenters. The lowest BCUT2D eigenvalue weighted by molar-refractivity contribution is -0.816. The van der Waals surface area contributed by atoms with Crippen molar-refractivity contribution >= 4 is 5.91 Å². The lowest BCUT2D eigenvalue weighted by atomic mass is 10.4. The van der Waals surface area contributed by atoms with E-state index >= 15 is 0 Å². The molecule has 0 aromatic heterocycles. The molecule has 0 fully saturated rings. The summed E-state index contributed by atoms with van der Waals surface area (Å²) in [5.74, 6) is 0.333. The summed E-state index contributed by atoms with van der Waals surface area (Å²) in [7, 11) is 0. The molecule has 0 saturated carbocycles. The predicted octanol–water partition coefficient (Wildman–Crippen LogP) is -0.152. The van der Waals surface area contributed by atoms with Gasteiger partial charge in [-0.2, -0.15) is 0 Å². The van der Waals surface area contributed by atoms with Crippen LogP contribution in [0, 0.1) is 0 Å². The lowest BCUT2D eigenvalue weighted by Crippen LogP contribution is -3.14. The van der Waals surface area contributed by atoms with Crippen LogP contribution in [0.5, 0.6) is 0 Å². The number of carbonyl (C=O) groups is 1. The minimum Gasteiger partial charge on any atom is -0.272 e. The molecule has 54 valence electrons. The van der Waals surface area contributed by atoms with Crippen LogP contribution in [-0.4, -0.2) is 19.0 Å². The first-order valence-electron chi connectivity index (χ1n) is 3.64. The van der Waals surface area contributed by atoms with Crippen LogP contribution in [0.4, 0.5) is 0 Å². The summed E-state index contributed by atoms with van der Waals surface area (Å²) in [5.41, 5.74) is 0. The van der Waals surface area contributed by atoms with E-state index in [1.54, 1.807) is 0 Å². The summed E-state index contributed by atoms with van der Waals surface area (Å²) in [6.07, 6.45) is 0.664. The van der Waals surface area contributed by atoms with Gasteiger partial charge < -0.3 is 0 Å². The Morgan fingerprint density at radius 3 is 1.78 bits per heavy atom. The molecule has 0 aromatic rings. The molecule has 0 rings (SSSR count). The SMILES string of the molecule is CCC(=O)[NH+](CC)CC. The van der Waals surface area contributed by atoms with Crippen LogP contribution >= 0.6 is 0 Å². The molecule has 2 nitrogen and oxygen atoms in total. The molecule has 0 aromatic carbocycles. The number of quaternary nitrogens is 1. The van der Waals surface area contributed by atoms with E-state index in [1.807, 2.05) is 20.8 Å². The van der Waals surface area contributed by atoms with Gasteiger partial charge in [0.2, 0.25) is 0 Å². The Morgan fingerprint density at radius 2 is 1.67 bits per heavy atom. The van der Waals surface area contributed by atoms with Crippen molar-refractivity contribution in [2.24, 2.45) is 0 Å². The number of hydrogen-bond donors (Lipinski definition) is 1. The molecule has 0 aliphatic rings. The quantitative estimate of drug-likeness (QED) is 0.563. The van der Waals surface area contributed by atoms with Crippen molar-refractivity contribution in [3.05, 3.63) is 0 Å². The zero-order chi connectivity index (χ0) is 7.28. The molecular formula is C7H16NO+. The standard InChI is InChI=1S/C7H15NO/c1-4-7(9)8(5-2)6-3/h4-6H2,1-3H3/p+1. The van der Waals surface area contributed by atoms with Crippen LogP contribution < -0.4 is 4.90 Å². The molecule has 0 saturated heterocycles. The molecule has 0 aliphatic heterocycles. The highest BCUT2D eigenvalue weighted by Crippen LogP contribution is 1.67. The van der Waals surface area contributed by atoms with Crippen molar-refractivity contribution in [3.8, 4) is 0 Å². The first kappa shape index (κ1) is 8.63. The molecule has 0 bridgehead atoms. The van der Waals surface area contributed by atoms with Crippen molar-refractivity contribution in [3.63, 3.8) is 0 Å². The molecule has 0 heterocycles. The number of amides is 1. The second kappa shape index (κ2) is 4.50. The normalized spacial score (nSPS) is 10.2. The van der Waals surface area contributed by atoms with Gasteiger partial charge in [-0.1, -0.05) is 6.92 Å². The molecule has 2 heteroatoms. The molecule has 9 heavy (non-hydrogen) atoms. The third-order valence-corrected chi connectivity index (χ3v) is 1.57. The average molecular weight is 130 g/mol. The Morgan fingerprint density at radius 1 is 1.22 bits per heavy atom. The molecular weight excluding hydrogens is 114 g/mol. The maximum atomic E-state index is 10.9. The van der Waals surface area contributed by atoms with Gasteiger partial charge in [0.1, 0.15) is 0 Å². The van der Waals surface area contributed by atoms with Gasteiger partial charge in [0, 0.05) is 0 Å². The monoisotopic (exact) mass is 130 g/mol. The van der Waals surface area contributed by atoms with Gasteiger partial charge in [-0.25, -0.2) is 4.79 Å². The van der Waals surface area contributed by atoms with E-state index in [9.17, 15) is 4.79 Å². The van der Waals surface area contributed by atoms with Crippen molar-refractivity contribution in [2.75, 3.05) is 13.1 Å². The Hall–Kier alpha value is -0.370. The van der Waals surface area contributed by atoms with Crippen molar-refractivity contribution < 1.29 is 9.69 Å². The minimum absolute atomic E-state index is 0.333. The fourth-order valence-corrected chi connectivity index (χ4v) is 0.894. The molecule has 1 N–H and O–H groups in total. The maximum absolute atomic E-state index is 10.9. The van der Waals surface area contributed by atoms with E-state index in [2.05, 4.69) is 0 Å². The molecule has 0 spiro atoms. The van der Waals surface area contributed by atoms with E-state index in [-0.39, 0.29) is 0 Å². The van der Waals surface area contributed by atoms with Crippen molar-refractivity contribution in [2.45, 2.75) is 27.2 Å². The summed E-state index contributed by atoms with van der Waals surface area (Å²) in [6, 6.07) is 0. The third-order valence-electron chi connectivity index (χ3n) is 1.57. The van der Waals surface area contributed by atoms with Crippen molar-refractivity contribution in [1.29, 1.82) is 0 Å². The number of nitrogens with one attached hydrogen (secondary N) is 1. The highest BCUT2D eigenvalue weighted by atomic mass is 16.2. The first-order valence-corrected chi connectivity index (χ1v) is 3.64. The van der Waals surface area contributed by atoms with Crippen LogP contribution in [0.1, 0.15) is 27.2 Å². The van der Waals surface area contributed by atoms with Gasteiger partial charge in [0.25, 0.3) is 0 Å². The van der Waals surface area contributed by atoms with Gasteiger partial charge in [-0.05, 0) is 13.8 Å². The fourth-order valence-electron chi connectivity index (χ4n) is 0.894. The number of rotatable bonds is 3. The minimum atomic E-state index is 0.333. The Labute approximate surface area is 56.9 Å². The van der Waals surface area contributed by atoms with Gasteiger partial charge in [-0.15, -0.1) is 0 Å². The van der Waals surface area contributed by atoms with Crippen LogP contribution in [0.15, 0.2) is 0 Å². The molecule has 0 aliphatic carbocycles. The van der Waals surface area contributed by atoms with Crippen molar-refractivity contribution in [1.82, 2.24) is 0 Å². The molecule has 1 amide bonds. The highest BCUT2D eigenvalue weighted by Gasteiger charge is 2.10. The van der Waals surface area contributed by atoms with E-state index in [0.717, 1.165) is 18.0 Å². The summed E-state index contributed by atoms with van der Waals surface area (Å²) >= 11 is 0. The summed E-state index contributed by atoms with van der Waals surface area (Å²) in [6.45, 7) is 7.82. The molecule has 0 unspecified atom stereocenters. The lowest BCUT2D eigenvalue weighted by Gasteiger charge is -2.10. The van der Waals surface area contributed by atoms with Gasteiger partial charge in [0.05, 0.1) is 19.5 Å². The fraction of sp³-hybridized carbons (Fsp3) is 0.857. The first-order chi connectivity index (χ1) is 4.26. The predicted molar refractivity (Wildman–Crippen MR) is 37.3 cm³/mol. The van der Waals surface area contributed by atoms with Crippen LogP contribution in [0.3, 0.4) is 0 Å². The van der Waals surface area contributed by atoms with E-state index in [1.165, 1.54) is 0 Å². The Kier molecular flexibility index (Phi) is 4.32. The highest BCUT2D eigenvalue weighted by molar-refractivity contribution is 5.65. The molecule has 0 radical (unpaired) electrons. The summed E-state index contributed by atoms with van der Waals surface area (Å²) in [5, 5.41) is 0. The number of carbonyl (C=O) groups excluding carboxylic acids is 1. The zero-order valence-corrected chi connectivity index (χ0v) is 6.53. The van der Waals surface area contributed by atoms with E-state index in [4.69, 9.17) is 0 Å². The van der Waals surface area contributed by atoms with Crippen LogP contribution in [-0.2, 0) is 4.79 Å².